The fourth-order valence-corrected chi connectivity index (χ4v) is 4.20. The van der Waals surface area contributed by atoms with Crippen LogP contribution >= 0.6 is 0 Å². The monoisotopic (exact) mass is 406 g/mol. The fraction of sp³-hybridized carbons (Fsp3) is 0.417. The van der Waals surface area contributed by atoms with Gasteiger partial charge < -0.3 is 20.8 Å². The number of fused-ring (bicyclic) bond motifs is 1. The van der Waals surface area contributed by atoms with Crippen molar-refractivity contribution in [1.82, 2.24) is 15.3 Å². The van der Waals surface area contributed by atoms with Crippen molar-refractivity contribution in [3.63, 3.8) is 0 Å². The number of phenols is 1. The van der Waals surface area contributed by atoms with Crippen LogP contribution in [-0.4, -0.2) is 44.9 Å². The van der Waals surface area contributed by atoms with Crippen LogP contribution in [0.15, 0.2) is 30.3 Å². The summed E-state index contributed by atoms with van der Waals surface area (Å²) in [6.45, 7) is 11.3. The van der Waals surface area contributed by atoms with Crippen LogP contribution in [0.3, 0.4) is 0 Å². The standard InChI is InChI=1S/C24H30N4O2/c1-13-6-7-21(29)17(8-13)23-26-19-10-15(3)14(2)9-16(19)22(28-23)27-20-12-25-11-18(20)24(4,5)30/h6-10,18,20,25,29-30H,11-12H2,1-5H3,(H,26,27,28)/t18-,20-/m1/s1. The third-order valence-corrected chi connectivity index (χ3v) is 6.15. The smallest absolute Gasteiger partial charge is 0.165 e. The summed E-state index contributed by atoms with van der Waals surface area (Å²) in [6, 6.07) is 9.64. The molecule has 2 aromatic carbocycles. The van der Waals surface area contributed by atoms with Gasteiger partial charge in [0.15, 0.2) is 5.82 Å². The highest BCUT2D eigenvalue weighted by atomic mass is 16.3. The molecule has 2 atom stereocenters. The van der Waals surface area contributed by atoms with E-state index < -0.39 is 5.60 Å². The minimum absolute atomic E-state index is 0.0312. The van der Waals surface area contributed by atoms with E-state index >= 15 is 0 Å². The number of benzene rings is 2. The maximum Gasteiger partial charge on any atom is 0.165 e. The molecule has 4 N–H and O–H groups in total. The SMILES string of the molecule is Cc1ccc(O)c(-c2nc(N[C@@H]3CNC[C@H]3C(C)(C)O)c3cc(C)c(C)cc3n2)c1. The number of hydrogen-bond donors (Lipinski definition) is 4. The molecule has 1 aliphatic rings. The Hall–Kier alpha value is -2.70. The average molecular weight is 407 g/mol. The molecule has 6 heteroatoms. The summed E-state index contributed by atoms with van der Waals surface area (Å²) in [6.07, 6.45) is 0. The Labute approximate surface area is 177 Å². The van der Waals surface area contributed by atoms with Crippen molar-refractivity contribution in [3.05, 3.63) is 47.0 Å². The van der Waals surface area contributed by atoms with Gasteiger partial charge in [-0.2, -0.15) is 0 Å². The molecule has 0 amide bonds. The van der Waals surface area contributed by atoms with Crippen molar-refractivity contribution in [2.45, 2.75) is 46.3 Å². The second-order valence-electron chi connectivity index (χ2n) is 9.04. The first-order valence-corrected chi connectivity index (χ1v) is 10.4. The molecule has 6 nitrogen and oxygen atoms in total. The molecule has 0 aliphatic carbocycles. The zero-order valence-corrected chi connectivity index (χ0v) is 18.2. The lowest BCUT2D eigenvalue weighted by atomic mass is 9.87. The third kappa shape index (κ3) is 3.85. The summed E-state index contributed by atoms with van der Waals surface area (Å²) in [5.41, 5.74) is 3.99. The van der Waals surface area contributed by atoms with Crippen LogP contribution in [0.4, 0.5) is 5.82 Å². The Morgan fingerprint density at radius 3 is 2.50 bits per heavy atom. The van der Waals surface area contributed by atoms with Gasteiger partial charge in [0.1, 0.15) is 11.6 Å². The Bertz CT molecular complexity index is 1100. The van der Waals surface area contributed by atoms with Gasteiger partial charge in [0.2, 0.25) is 0 Å². The number of phenolic OH excluding ortho intramolecular Hbond substituents is 1. The number of nitrogens with one attached hydrogen (secondary N) is 2. The largest absolute Gasteiger partial charge is 0.507 e. The van der Waals surface area contributed by atoms with Gasteiger partial charge in [-0.3, -0.25) is 0 Å². The van der Waals surface area contributed by atoms with E-state index in [9.17, 15) is 10.2 Å². The van der Waals surface area contributed by atoms with Crippen molar-refractivity contribution < 1.29 is 10.2 Å². The summed E-state index contributed by atoms with van der Waals surface area (Å²) in [7, 11) is 0. The Morgan fingerprint density at radius 1 is 1.03 bits per heavy atom. The molecule has 30 heavy (non-hydrogen) atoms. The Morgan fingerprint density at radius 2 is 1.77 bits per heavy atom. The lowest BCUT2D eigenvalue weighted by molar-refractivity contribution is 0.0219. The molecule has 1 aromatic heterocycles. The molecule has 0 radical (unpaired) electrons. The Balaban J connectivity index is 1.86. The van der Waals surface area contributed by atoms with Crippen molar-refractivity contribution in [2.24, 2.45) is 5.92 Å². The highest BCUT2D eigenvalue weighted by molar-refractivity contribution is 5.92. The third-order valence-electron chi connectivity index (χ3n) is 6.15. The second-order valence-corrected chi connectivity index (χ2v) is 9.04. The van der Waals surface area contributed by atoms with Crippen LogP contribution < -0.4 is 10.6 Å². The summed E-state index contributed by atoms with van der Waals surface area (Å²) in [5.74, 6) is 1.42. The zero-order valence-electron chi connectivity index (χ0n) is 18.2. The van der Waals surface area contributed by atoms with E-state index in [4.69, 9.17) is 9.97 Å². The average Bonchev–Trinajstić information content (AvgIpc) is 3.14. The molecule has 0 spiro atoms. The van der Waals surface area contributed by atoms with Gasteiger partial charge in [-0.15, -0.1) is 0 Å². The number of aromatic nitrogens is 2. The Kier molecular flexibility index (Phi) is 5.16. The van der Waals surface area contributed by atoms with E-state index in [2.05, 4.69) is 36.6 Å². The quantitative estimate of drug-likeness (QED) is 0.528. The predicted molar refractivity (Wildman–Crippen MR) is 121 cm³/mol. The number of anilines is 1. The highest BCUT2D eigenvalue weighted by Crippen LogP contribution is 2.33. The summed E-state index contributed by atoms with van der Waals surface area (Å²) in [5, 5.41) is 28.9. The molecule has 4 rings (SSSR count). The van der Waals surface area contributed by atoms with Gasteiger partial charge >= 0.3 is 0 Å². The molecular formula is C24H30N4O2. The molecule has 1 saturated heterocycles. The van der Waals surface area contributed by atoms with E-state index in [-0.39, 0.29) is 17.7 Å². The molecule has 158 valence electrons. The normalized spacial score (nSPS) is 19.4. The minimum atomic E-state index is -0.811. The molecule has 0 bridgehead atoms. The highest BCUT2D eigenvalue weighted by Gasteiger charge is 2.38. The molecule has 3 aromatic rings. The molecule has 1 aliphatic heterocycles. The zero-order chi connectivity index (χ0) is 21.6. The molecular weight excluding hydrogens is 376 g/mol. The summed E-state index contributed by atoms with van der Waals surface area (Å²) >= 11 is 0. The molecule has 1 fully saturated rings. The number of hydrogen-bond acceptors (Lipinski definition) is 6. The molecule has 0 unspecified atom stereocenters. The maximum absolute atomic E-state index is 10.6. The van der Waals surface area contributed by atoms with Crippen LogP contribution in [0.1, 0.15) is 30.5 Å². The van der Waals surface area contributed by atoms with Crippen LogP contribution in [0.5, 0.6) is 5.75 Å². The van der Waals surface area contributed by atoms with E-state index in [1.807, 2.05) is 32.9 Å². The van der Waals surface area contributed by atoms with Crippen LogP contribution in [0.2, 0.25) is 0 Å². The van der Waals surface area contributed by atoms with E-state index in [0.29, 0.717) is 11.4 Å². The van der Waals surface area contributed by atoms with Gasteiger partial charge in [-0.05, 0) is 70.0 Å². The lowest BCUT2D eigenvalue weighted by Gasteiger charge is -2.31. The number of nitrogens with zero attached hydrogens (tertiary/aromatic N) is 2. The number of aromatic hydroxyl groups is 1. The van der Waals surface area contributed by atoms with Crippen LogP contribution in [-0.2, 0) is 0 Å². The van der Waals surface area contributed by atoms with Gasteiger partial charge in [-0.1, -0.05) is 11.6 Å². The molecule has 0 saturated carbocycles. The van der Waals surface area contributed by atoms with E-state index in [1.165, 1.54) is 5.56 Å². The van der Waals surface area contributed by atoms with Gasteiger partial charge in [0.05, 0.1) is 16.7 Å². The minimum Gasteiger partial charge on any atom is -0.507 e. The number of aryl methyl sites for hydroxylation is 3. The van der Waals surface area contributed by atoms with Crippen molar-refractivity contribution in [2.75, 3.05) is 18.4 Å². The van der Waals surface area contributed by atoms with Crippen molar-refractivity contribution in [3.8, 4) is 17.1 Å². The first-order chi connectivity index (χ1) is 14.1. The second kappa shape index (κ2) is 7.52. The van der Waals surface area contributed by atoms with Crippen molar-refractivity contribution in [1.29, 1.82) is 0 Å². The van der Waals surface area contributed by atoms with E-state index in [1.54, 1.807) is 6.07 Å². The van der Waals surface area contributed by atoms with Crippen LogP contribution in [0, 0.1) is 26.7 Å². The lowest BCUT2D eigenvalue weighted by Crippen LogP contribution is -2.42. The number of rotatable bonds is 4. The fourth-order valence-electron chi connectivity index (χ4n) is 4.20. The van der Waals surface area contributed by atoms with Gasteiger partial charge in [0.25, 0.3) is 0 Å². The van der Waals surface area contributed by atoms with Crippen LogP contribution in [0.25, 0.3) is 22.3 Å². The number of aliphatic hydroxyl groups is 1. The molecule has 2 heterocycles. The van der Waals surface area contributed by atoms with Crippen molar-refractivity contribution >= 4 is 16.7 Å². The van der Waals surface area contributed by atoms with E-state index in [0.717, 1.165) is 40.9 Å². The first kappa shape index (κ1) is 20.6. The first-order valence-electron chi connectivity index (χ1n) is 10.4. The summed E-state index contributed by atoms with van der Waals surface area (Å²) < 4.78 is 0. The maximum atomic E-state index is 10.6. The van der Waals surface area contributed by atoms with Gasteiger partial charge in [-0.25, -0.2) is 9.97 Å². The summed E-state index contributed by atoms with van der Waals surface area (Å²) in [4.78, 5) is 9.61. The predicted octanol–water partition coefficient (Wildman–Crippen LogP) is 3.70. The topological polar surface area (TPSA) is 90.3 Å². The van der Waals surface area contributed by atoms with Gasteiger partial charge in [0, 0.05) is 30.4 Å².